The Morgan fingerprint density at radius 1 is 1.02 bits per heavy atom. The lowest BCUT2D eigenvalue weighted by Gasteiger charge is -2.46. The number of rotatable bonds is 14. The fourth-order valence-electron chi connectivity index (χ4n) is 8.66. The Balaban J connectivity index is 1.32. The third kappa shape index (κ3) is 9.78. The molecule has 0 aliphatic heterocycles. The molecule has 54 heavy (non-hydrogen) atoms. The molecule has 0 saturated heterocycles. The number of allylic oxidation sites excluding steroid dienone is 2. The minimum absolute atomic E-state index is 0.0687. The fraction of sp³-hybridized carbons (Fsp3) is 0.457. The third-order valence-electron chi connectivity index (χ3n) is 11.9. The zero-order chi connectivity index (χ0) is 38.1. The Morgan fingerprint density at radius 3 is 2.56 bits per heavy atom. The van der Waals surface area contributed by atoms with E-state index in [0.29, 0.717) is 62.4 Å². The summed E-state index contributed by atoms with van der Waals surface area (Å²) in [5.41, 5.74) is 3.72. The van der Waals surface area contributed by atoms with E-state index in [-0.39, 0.29) is 18.3 Å². The maximum absolute atomic E-state index is 14.4. The van der Waals surface area contributed by atoms with Crippen LogP contribution in [0.5, 0.6) is 5.75 Å². The molecular weight excluding hydrogens is 695 g/mol. The number of aliphatic hydroxyl groups excluding tert-OH is 2. The Hall–Kier alpha value is -3.63. The van der Waals surface area contributed by atoms with Crippen LogP contribution < -0.4 is 4.74 Å². The summed E-state index contributed by atoms with van der Waals surface area (Å²) in [4.78, 5) is 17.9. The lowest BCUT2D eigenvalue weighted by molar-refractivity contribution is -0.0905. The van der Waals surface area contributed by atoms with Gasteiger partial charge in [0, 0.05) is 41.1 Å². The molecule has 3 aromatic carbocycles. The van der Waals surface area contributed by atoms with E-state index in [1.165, 1.54) is 10.5 Å². The van der Waals surface area contributed by atoms with Gasteiger partial charge in [0.05, 0.1) is 38.1 Å². The van der Waals surface area contributed by atoms with Gasteiger partial charge in [0.25, 0.3) is 0 Å². The highest BCUT2D eigenvalue weighted by atomic mass is 32.1. The minimum Gasteiger partial charge on any atom is -0.497 e. The SMILES string of the molecule is COc1ccc(C(=O)c2cc3ccc2C2CCC(O)(CN(CCc4cccs4)CC(O)COCc4ccccc4)C2(C)CCC=C(C)CCC(O)C3)cc1. The van der Waals surface area contributed by atoms with Gasteiger partial charge in [-0.2, -0.15) is 0 Å². The van der Waals surface area contributed by atoms with Crippen LogP contribution in [0.3, 0.4) is 0 Å². The summed E-state index contributed by atoms with van der Waals surface area (Å²) in [6.45, 7) is 6.44. The number of fused-ring (bicyclic) bond motifs is 8. The van der Waals surface area contributed by atoms with Crippen molar-refractivity contribution in [2.75, 3.05) is 33.4 Å². The summed E-state index contributed by atoms with van der Waals surface area (Å²) >= 11 is 1.73. The molecule has 3 N–H and O–H groups in total. The molecule has 4 aromatic rings. The van der Waals surface area contributed by atoms with Crippen molar-refractivity contribution >= 4 is 17.1 Å². The van der Waals surface area contributed by atoms with Crippen LogP contribution in [0.4, 0.5) is 0 Å². The van der Waals surface area contributed by atoms with Crippen LogP contribution in [0.15, 0.2) is 102 Å². The van der Waals surface area contributed by atoms with Crippen LogP contribution in [0.1, 0.15) is 95.8 Å². The van der Waals surface area contributed by atoms with Crippen LogP contribution in [0.25, 0.3) is 0 Å². The Kier molecular flexibility index (Phi) is 13.6. The first kappa shape index (κ1) is 40.0. The molecule has 1 fully saturated rings. The maximum atomic E-state index is 14.4. The van der Waals surface area contributed by atoms with Gasteiger partial charge in [-0.05, 0) is 123 Å². The van der Waals surface area contributed by atoms with Gasteiger partial charge in [-0.3, -0.25) is 9.69 Å². The van der Waals surface area contributed by atoms with E-state index in [0.717, 1.165) is 48.8 Å². The average Bonchev–Trinajstić information content (AvgIpc) is 3.78. The maximum Gasteiger partial charge on any atom is 0.193 e. The van der Waals surface area contributed by atoms with E-state index >= 15 is 0 Å². The quantitative estimate of drug-likeness (QED) is 0.0884. The number of methoxy groups -OCH3 is 1. The number of aliphatic hydroxyl groups is 3. The zero-order valence-corrected chi connectivity index (χ0v) is 32.9. The molecule has 288 valence electrons. The standard InChI is InChI=1S/C46H57NO6S/c1-33-9-7-23-45(2)43(41-20-14-35(27-37(48)17-13-33)28-42(41)44(50)36-15-18-39(52-3)19-16-36)21-24-46(45,51)32-47(25-22-40-12-8-26-54-40)29-38(49)31-53-30-34-10-5-4-6-11-34/h4-6,8-12,14-16,18-20,26,28,37-38,43,48-49,51H,7,13,17,21-25,27,29-32H2,1-3H3. The average molecular weight is 752 g/mol. The molecule has 1 aromatic heterocycles. The van der Waals surface area contributed by atoms with Gasteiger partial charge in [-0.1, -0.05) is 67.1 Å². The molecule has 7 rings (SSSR count). The van der Waals surface area contributed by atoms with Crippen molar-refractivity contribution in [3.8, 4) is 5.75 Å². The Morgan fingerprint density at radius 2 is 1.81 bits per heavy atom. The number of hydrogen-bond donors (Lipinski definition) is 3. The van der Waals surface area contributed by atoms with Crippen molar-refractivity contribution in [3.05, 3.63) is 135 Å². The number of hydrogen-bond acceptors (Lipinski definition) is 8. The predicted octanol–water partition coefficient (Wildman–Crippen LogP) is 8.15. The largest absolute Gasteiger partial charge is 0.497 e. The number of nitrogens with zero attached hydrogens (tertiary/aromatic N) is 1. The molecule has 5 atom stereocenters. The normalized spacial score (nSPS) is 23.8. The van der Waals surface area contributed by atoms with Crippen molar-refractivity contribution in [1.29, 1.82) is 0 Å². The van der Waals surface area contributed by atoms with E-state index in [2.05, 4.69) is 54.5 Å². The third-order valence-corrected chi connectivity index (χ3v) is 12.8. The number of ether oxygens (including phenoxy) is 2. The lowest BCUT2D eigenvalue weighted by Crippen LogP contribution is -2.54. The Bertz CT molecular complexity index is 1830. The van der Waals surface area contributed by atoms with Gasteiger partial charge in [0.15, 0.2) is 5.78 Å². The molecule has 0 radical (unpaired) electrons. The topological polar surface area (TPSA) is 99.5 Å². The van der Waals surface area contributed by atoms with Crippen molar-refractivity contribution in [1.82, 2.24) is 4.90 Å². The van der Waals surface area contributed by atoms with E-state index in [1.54, 1.807) is 18.4 Å². The van der Waals surface area contributed by atoms with Crippen LogP contribution >= 0.6 is 11.3 Å². The molecule has 0 spiro atoms. The van der Waals surface area contributed by atoms with Crippen molar-refractivity contribution in [2.45, 2.75) is 95.5 Å². The molecule has 3 aliphatic carbocycles. The molecule has 1 saturated carbocycles. The molecule has 7 nitrogen and oxygen atoms in total. The first-order valence-corrected chi connectivity index (χ1v) is 20.4. The second-order valence-corrected chi connectivity index (χ2v) is 16.8. The summed E-state index contributed by atoms with van der Waals surface area (Å²) in [6.07, 6.45) is 6.58. The highest BCUT2D eigenvalue weighted by Gasteiger charge is 2.57. The van der Waals surface area contributed by atoms with Crippen molar-refractivity contribution in [3.63, 3.8) is 0 Å². The molecule has 3 aliphatic rings. The fourth-order valence-corrected chi connectivity index (χ4v) is 9.36. The smallest absolute Gasteiger partial charge is 0.193 e. The lowest BCUT2D eigenvalue weighted by atomic mass is 9.64. The second-order valence-electron chi connectivity index (χ2n) is 15.7. The number of carbonyl (C=O) groups is 1. The summed E-state index contributed by atoms with van der Waals surface area (Å²) in [5.74, 6) is 0.529. The minimum atomic E-state index is -1.09. The Labute approximate surface area is 325 Å². The van der Waals surface area contributed by atoms with Gasteiger partial charge < -0.3 is 24.8 Å². The predicted molar refractivity (Wildman–Crippen MR) is 216 cm³/mol. The monoisotopic (exact) mass is 751 g/mol. The summed E-state index contributed by atoms with van der Waals surface area (Å²) in [6, 6.07) is 27.5. The van der Waals surface area contributed by atoms with E-state index in [9.17, 15) is 20.1 Å². The summed E-state index contributed by atoms with van der Waals surface area (Å²) < 4.78 is 11.3. The summed E-state index contributed by atoms with van der Waals surface area (Å²) in [5, 5.41) is 37.4. The highest BCUT2D eigenvalue weighted by Crippen LogP contribution is 2.59. The van der Waals surface area contributed by atoms with Gasteiger partial charge in [-0.15, -0.1) is 11.3 Å². The number of benzene rings is 3. The van der Waals surface area contributed by atoms with E-state index in [4.69, 9.17) is 9.47 Å². The van der Waals surface area contributed by atoms with Crippen LogP contribution in [0.2, 0.25) is 0 Å². The van der Waals surface area contributed by atoms with Gasteiger partial charge in [-0.25, -0.2) is 0 Å². The number of carbonyl (C=O) groups excluding carboxylic acids is 1. The van der Waals surface area contributed by atoms with Crippen LogP contribution in [-0.4, -0.2) is 77.2 Å². The van der Waals surface area contributed by atoms with Crippen LogP contribution in [0, 0.1) is 5.41 Å². The molecule has 5 unspecified atom stereocenters. The molecule has 0 amide bonds. The molecule has 8 heteroatoms. The number of thiophene rings is 1. The molecule has 2 bridgehead atoms. The van der Waals surface area contributed by atoms with Crippen molar-refractivity contribution < 1.29 is 29.6 Å². The zero-order valence-electron chi connectivity index (χ0n) is 32.1. The highest BCUT2D eigenvalue weighted by molar-refractivity contribution is 7.09. The van der Waals surface area contributed by atoms with Crippen LogP contribution in [-0.2, 0) is 24.2 Å². The van der Waals surface area contributed by atoms with Gasteiger partial charge in [0.2, 0.25) is 0 Å². The van der Waals surface area contributed by atoms with Gasteiger partial charge >= 0.3 is 0 Å². The first-order chi connectivity index (χ1) is 26.1. The van der Waals surface area contributed by atoms with E-state index < -0.39 is 23.2 Å². The summed E-state index contributed by atoms with van der Waals surface area (Å²) in [7, 11) is 1.61. The first-order valence-electron chi connectivity index (χ1n) is 19.5. The molecule has 1 heterocycles. The van der Waals surface area contributed by atoms with Crippen molar-refractivity contribution in [2.24, 2.45) is 5.41 Å². The van der Waals surface area contributed by atoms with E-state index in [1.807, 2.05) is 60.7 Å². The van der Waals surface area contributed by atoms with Gasteiger partial charge in [0.1, 0.15) is 5.75 Å². The second kappa shape index (κ2) is 18.3. The molecular formula is C46H57NO6S. The number of ketones is 1.